The minimum Gasteiger partial charge on any atom is -0.457 e. The molecule has 0 aliphatic carbocycles. The highest BCUT2D eigenvalue weighted by Gasteiger charge is 2.47. The first kappa shape index (κ1) is 40.2. The molecule has 0 spiro atoms. The molecular formula is C37H62N2O9. The molecule has 10 atom stereocenters. The number of aliphatic hydroxyl groups excluding tert-OH is 2. The molecule has 10 unspecified atom stereocenters. The van der Waals surface area contributed by atoms with E-state index in [0.717, 1.165) is 18.4 Å². The number of allylic oxidation sites excluding steroid dienone is 2. The number of methoxy groups -OCH3 is 1. The van der Waals surface area contributed by atoms with Crippen LogP contribution in [0.2, 0.25) is 0 Å². The highest BCUT2D eigenvalue weighted by molar-refractivity contribution is 5.70. The molecule has 0 aromatic rings. The van der Waals surface area contributed by atoms with Crippen molar-refractivity contribution in [1.82, 2.24) is 9.80 Å². The monoisotopic (exact) mass is 678 g/mol. The number of piperidine rings is 1. The third-order valence-corrected chi connectivity index (χ3v) is 10.5. The van der Waals surface area contributed by atoms with E-state index in [-0.39, 0.29) is 36.9 Å². The number of likely N-dealkylation sites (tertiary alicyclic amines) is 1. The topological polar surface area (TPSA) is 142 Å². The van der Waals surface area contributed by atoms with Gasteiger partial charge in [0, 0.05) is 44.5 Å². The normalized spacial score (nSPS) is 33.8. The van der Waals surface area contributed by atoms with Crippen LogP contribution >= 0.6 is 0 Å². The van der Waals surface area contributed by atoms with Crippen molar-refractivity contribution in [3.05, 3.63) is 36.0 Å². The Balaban J connectivity index is 1.77. The van der Waals surface area contributed by atoms with Gasteiger partial charge in [-0.3, -0.25) is 4.79 Å². The zero-order valence-corrected chi connectivity index (χ0v) is 30.6. The van der Waals surface area contributed by atoms with Gasteiger partial charge >= 0.3 is 12.1 Å². The number of esters is 1. The number of hydrogen-bond acceptors (Lipinski definition) is 10. The van der Waals surface area contributed by atoms with Crippen LogP contribution in [0.1, 0.15) is 86.5 Å². The third kappa shape index (κ3) is 11.4. The van der Waals surface area contributed by atoms with E-state index >= 15 is 0 Å². The quantitative estimate of drug-likeness (QED) is 0.125. The second-order valence-corrected chi connectivity index (χ2v) is 14.9. The number of aliphatic hydroxyl groups is 3. The maximum atomic E-state index is 13.4. The van der Waals surface area contributed by atoms with Crippen LogP contribution in [0.3, 0.4) is 0 Å². The van der Waals surface area contributed by atoms with Gasteiger partial charge in [0.1, 0.15) is 11.7 Å². The standard InChI is InChI=1S/C37H62N2O9/c1-10-29(41)26(4)34-30(46-34)23-36(5,44)18-11-12-24(2)33-25(3)13-14-31(37(6,45-9)19-15-28(40)22-32(42)48-33)47-35(43)39-20-16-27(17-21-39)38(7)8/h11-14,18,25-31,33-34,40-41,44H,10,15-17,19-23H2,1-9H3. The Kier molecular flexibility index (Phi) is 14.7. The Morgan fingerprint density at radius 1 is 1.25 bits per heavy atom. The molecule has 2 saturated heterocycles. The average molecular weight is 679 g/mol. The first-order valence-corrected chi connectivity index (χ1v) is 17.6. The molecular weight excluding hydrogens is 616 g/mol. The van der Waals surface area contributed by atoms with Gasteiger partial charge in [0.25, 0.3) is 0 Å². The number of cyclic esters (lactones) is 1. The second-order valence-electron chi connectivity index (χ2n) is 14.9. The molecule has 3 rings (SSSR count). The Hall–Kier alpha value is -2.28. The smallest absolute Gasteiger partial charge is 0.410 e. The van der Waals surface area contributed by atoms with Gasteiger partial charge < -0.3 is 44.1 Å². The van der Waals surface area contributed by atoms with Crippen molar-refractivity contribution >= 4 is 12.1 Å². The van der Waals surface area contributed by atoms with Crippen molar-refractivity contribution in [2.75, 3.05) is 34.3 Å². The van der Waals surface area contributed by atoms with E-state index in [1.807, 2.05) is 52.8 Å². The van der Waals surface area contributed by atoms with Crippen LogP contribution < -0.4 is 0 Å². The number of ether oxygens (including phenoxy) is 4. The summed E-state index contributed by atoms with van der Waals surface area (Å²) in [7, 11) is 5.67. The van der Waals surface area contributed by atoms with Gasteiger partial charge in [0.15, 0.2) is 6.10 Å². The second kappa shape index (κ2) is 17.6. The number of carbonyl (C=O) groups excluding carboxylic acids is 2. The van der Waals surface area contributed by atoms with Crippen molar-refractivity contribution in [3.8, 4) is 0 Å². The number of carbonyl (C=O) groups is 2. The molecule has 3 heterocycles. The van der Waals surface area contributed by atoms with Gasteiger partial charge in [-0.05, 0) is 78.6 Å². The van der Waals surface area contributed by atoms with Crippen LogP contribution in [0.15, 0.2) is 36.0 Å². The minimum atomic E-state index is -1.14. The summed E-state index contributed by atoms with van der Waals surface area (Å²) in [5.41, 5.74) is -1.34. The molecule has 11 nitrogen and oxygen atoms in total. The molecule has 0 bridgehead atoms. The van der Waals surface area contributed by atoms with Crippen LogP contribution in [-0.2, 0) is 23.7 Å². The molecule has 274 valence electrons. The maximum Gasteiger partial charge on any atom is 0.410 e. The van der Waals surface area contributed by atoms with Crippen molar-refractivity contribution in [1.29, 1.82) is 0 Å². The maximum absolute atomic E-state index is 13.4. The molecule has 0 saturated carbocycles. The first-order chi connectivity index (χ1) is 22.5. The molecule has 2 fully saturated rings. The first-order valence-electron chi connectivity index (χ1n) is 17.6. The van der Waals surface area contributed by atoms with Crippen molar-refractivity contribution in [2.45, 2.75) is 140 Å². The van der Waals surface area contributed by atoms with Gasteiger partial charge in [-0.15, -0.1) is 0 Å². The van der Waals surface area contributed by atoms with Crippen LogP contribution in [0, 0.1) is 11.8 Å². The Morgan fingerprint density at radius 3 is 2.52 bits per heavy atom. The lowest BCUT2D eigenvalue weighted by Gasteiger charge is -2.38. The van der Waals surface area contributed by atoms with E-state index in [2.05, 4.69) is 19.0 Å². The molecule has 11 heteroatoms. The van der Waals surface area contributed by atoms with Crippen molar-refractivity contribution in [2.24, 2.45) is 11.8 Å². The Labute approximate surface area is 287 Å². The predicted molar refractivity (Wildman–Crippen MR) is 184 cm³/mol. The highest BCUT2D eigenvalue weighted by atomic mass is 16.6. The van der Waals surface area contributed by atoms with Crippen LogP contribution in [-0.4, -0.2) is 125 Å². The van der Waals surface area contributed by atoms with Crippen LogP contribution in [0.25, 0.3) is 0 Å². The number of rotatable bonds is 11. The summed E-state index contributed by atoms with van der Waals surface area (Å²) in [6.45, 7) is 12.5. The molecule has 0 radical (unpaired) electrons. The zero-order chi connectivity index (χ0) is 35.8. The van der Waals surface area contributed by atoms with E-state index in [1.165, 1.54) is 0 Å². The fourth-order valence-corrected chi connectivity index (χ4v) is 6.76. The van der Waals surface area contributed by atoms with Gasteiger partial charge in [-0.1, -0.05) is 45.1 Å². The number of epoxide rings is 1. The van der Waals surface area contributed by atoms with E-state index < -0.39 is 47.7 Å². The fraction of sp³-hybridized carbons (Fsp3) is 0.784. The highest BCUT2D eigenvalue weighted by Crippen LogP contribution is 2.37. The predicted octanol–water partition coefficient (Wildman–Crippen LogP) is 4.39. The van der Waals surface area contributed by atoms with Crippen LogP contribution in [0.4, 0.5) is 4.79 Å². The molecule has 3 aliphatic heterocycles. The molecule has 0 aromatic heterocycles. The summed E-state index contributed by atoms with van der Waals surface area (Å²) < 4.78 is 23.7. The lowest BCUT2D eigenvalue weighted by Crippen LogP contribution is -2.49. The molecule has 0 aromatic carbocycles. The third-order valence-electron chi connectivity index (χ3n) is 10.5. The largest absolute Gasteiger partial charge is 0.457 e. The van der Waals surface area contributed by atoms with Crippen molar-refractivity contribution < 1.29 is 43.9 Å². The fourth-order valence-electron chi connectivity index (χ4n) is 6.76. The van der Waals surface area contributed by atoms with Gasteiger partial charge in [0.2, 0.25) is 0 Å². The summed E-state index contributed by atoms with van der Waals surface area (Å²) in [5.74, 6) is -0.835. The van der Waals surface area contributed by atoms with E-state index in [4.69, 9.17) is 18.9 Å². The number of hydrogen-bond donors (Lipinski definition) is 3. The average Bonchev–Trinajstić information content (AvgIpc) is 3.80. The molecule has 3 aliphatic rings. The van der Waals surface area contributed by atoms with Crippen molar-refractivity contribution in [3.63, 3.8) is 0 Å². The number of nitrogens with zero attached hydrogens (tertiary/aromatic N) is 2. The van der Waals surface area contributed by atoms with Gasteiger partial charge in [-0.2, -0.15) is 0 Å². The summed E-state index contributed by atoms with van der Waals surface area (Å²) in [5, 5.41) is 31.9. The molecule has 3 N–H and O–H groups in total. The zero-order valence-electron chi connectivity index (χ0n) is 30.6. The summed E-state index contributed by atoms with van der Waals surface area (Å²) >= 11 is 0. The summed E-state index contributed by atoms with van der Waals surface area (Å²) in [6, 6.07) is 0.424. The number of amides is 1. The summed E-state index contributed by atoms with van der Waals surface area (Å²) in [4.78, 5) is 30.2. The lowest BCUT2D eigenvalue weighted by molar-refractivity contribution is -0.151. The molecule has 1 amide bonds. The Morgan fingerprint density at radius 2 is 1.92 bits per heavy atom. The van der Waals surface area contributed by atoms with Gasteiger partial charge in [0.05, 0.1) is 36.4 Å². The van der Waals surface area contributed by atoms with E-state index in [0.29, 0.717) is 38.4 Å². The van der Waals surface area contributed by atoms with Crippen LogP contribution in [0.5, 0.6) is 0 Å². The SMILES string of the molecule is CCC(O)C(C)C1OC1CC(C)(O)C=CC=C(C)C1OC(=O)CC(O)CCC(C)(OC)C(OC(=O)N2CCC(N(C)C)CC2)C=CC1C. The minimum absolute atomic E-state index is 0.00348. The lowest BCUT2D eigenvalue weighted by atomic mass is 9.88. The Bertz CT molecular complexity index is 1150. The molecule has 48 heavy (non-hydrogen) atoms. The van der Waals surface area contributed by atoms with E-state index in [9.17, 15) is 24.9 Å². The van der Waals surface area contributed by atoms with Gasteiger partial charge in [-0.25, -0.2) is 4.79 Å². The van der Waals surface area contributed by atoms with E-state index in [1.54, 1.807) is 31.1 Å². The summed E-state index contributed by atoms with van der Waals surface area (Å²) in [6.07, 6.45) is 8.74.